The lowest BCUT2D eigenvalue weighted by Crippen LogP contribution is -2.34. The van der Waals surface area contributed by atoms with E-state index in [1.807, 2.05) is 25.2 Å². The number of carbonyl (C=O) groups excluding carboxylic acids is 1. The minimum Gasteiger partial charge on any atom is -0.338 e. The topological polar surface area (TPSA) is 74.8 Å². The van der Waals surface area contributed by atoms with Crippen LogP contribution in [0.4, 0.5) is 0 Å². The Labute approximate surface area is 134 Å². The second-order valence-corrected chi connectivity index (χ2v) is 5.47. The first-order valence-corrected chi connectivity index (χ1v) is 7.47. The summed E-state index contributed by atoms with van der Waals surface area (Å²) in [5.41, 5.74) is 3.36. The summed E-state index contributed by atoms with van der Waals surface area (Å²) in [5.74, 6) is 0.615. The highest BCUT2D eigenvalue weighted by atomic mass is 16.2. The average Bonchev–Trinajstić information content (AvgIpc) is 3.02. The van der Waals surface area contributed by atoms with Gasteiger partial charge in [0.05, 0.1) is 6.07 Å². The average molecular weight is 307 g/mol. The Kier molecular flexibility index (Phi) is 4.20. The first-order chi connectivity index (χ1) is 11.2. The fraction of sp³-hybridized carbons (Fsp3) is 0.294. The second-order valence-electron chi connectivity index (χ2n) is 5.47. The first-order valence-electron chi connectivity index (χ1n) is 7.47. The number of nitriles is 1. The molecule has 0 fully saturated rings. The monoisotopic (exact) mass is 307 g/mol. The smallest absolute Gasteiger partial charge is 0.237 e. The summed E-state index contributed by atoms with van der Waals surface area (Å²) in [5, 5.41) is 12.9. The largest absolute Gasteiger partial charge is 0.338 e. The number of carbonyl (C=O) groups is 1. The lowest BCUT2D eigenvalue weighted by atomic mass is 9.98. The van der Waals surface area contributed by atoms with E-state index in [1.54, 1.807) is 15.9 Å². The van der Waals surface area contributed by atoms with Crippen molar-refractivity contribution in [2.75, 3.05) is 13.1 Å². The van der Waals surface area contributed by atoms with E-state index < -0.39 is 0 Å². The van der Waals surface area contributed by atoms with E-state index in [9.17, 15) is 4.79 Å². The van der Waals surface area contributed by atoms with E-state index in [-0.39, 0.29) is 12.3 Å². The summed E-state index contributed by atoms with van der Waals surface area (Å²) in [7, 11) is 1.84. The number of hydrogen-bond acceptors (Lipinski definition) is 4. The molecule has 0 atom stereocenters. The van der Waals surface area contributed by atoms with Crippen molar-refractivity contribution in [3.8, 4) is 17.5 Å². The van der Waals surface area contributed by atoms with E-state index in [2.05, 4.69) is 28.3 Å². The lowest BCUT2D eigenvalue weighted by Gasteiger charge is -2.26. The summed E-state index contributed by atoms with van der Waals surface area (Å²) in [6, 6.07) is 10.1. The van der Waals surface area contributed by atoms with Crippen LogP contribution in [0.25, 0.3) is 17.0 Å². The molecule has 0 saturated carbocycles. The highest BCUT2D eigenvalue weighted by Gasteiger charge is 2.17. The molecule has 3 rings (SSSR count). The molecule has 1 amide bonds. The quantitative estimate of drug-likeness (QED) is 0.869. The van der Waals surface area contributed by atoms with E-state index in [0.29, 0.717) is 18.9 Å². The lowest BCUT2D eigenvalue weighted by molar-refractivity contribution is -0.129. The van der Waals surface area contributed by atoms with Gasteiger partial charge in [0.2, 0.25) is 5.91 Å². The third kappa shape index (κ3) is 3.29. The molecule has 1 aromatic heterocycles. The Bertz CT molecular complexity index is 782. The van der Waals surface area contributed by atoms with Crippen molar-refractivity contribution < 1.29 is 4.79 Å². The molecule has 0 bridgehead atoms. The van der Waals surface area contributed by atoms with Crippen LogP contribution in [-0.4, -0.2) is 38.7 Å². The molecule has 0 N–H and O–H groups in total. The molecule has 6 heteroatoms. The van der Waals surface area contributed by atoms with Gasteiger partial charge < -0.3 is 4.90 Å². The molecule has 2 heterocycles. The van der Waals surface area contributed by atoms with Crippen LogP contribution < -0.4 is 0 Å². The minimum atomic E-state index is -0.0978. The Hall–Kier alpha value is -2.94. The van der Waals surface area contributed by atoms with Gasteiger partial charge in [-0.3, -0.25) is 9.48 Å². The maximum absolute atomic E-state index is 11.7. The molecule has 1 aromatic carbocycles. The number of benzene rings is 1. The molecule has 1 aliphatic rings. The van der Waals surface area contributed by atoms with E-state index in [4.69, 9.17) is 5.26 Å². The number of aromatic nitrogens is 3. The second kappa shape index (κ2) is 6.44. The summed E-state index contributed by atoms with van der Waals surface area (Å²) in [6.45, 7) is 1.23. The van der Waals surface area contributed by atoms with Crippen LogP contribution in [0.3, 0.4) is 0 Å². The van der Waals surface area contributed by atoms with Gasteiger partial charge in [0, 0.05) is 25.7 Å². The van der Waals surface area contributed by atoms with Crippen molar-refractivity contribution in [3.05, 3.63) is 42.2 Å². The van der Waals surface area contributed by atoms with Crippen LogP contribution in [0, 0.1) is 11.3 Å². The molecule has 2 aromatic rings. The zero-order valence-electron chi connectivity index (χ0n) is 12.9. The molecule has 0 aliphatic carbocycles. The summed E-state index contributed by atoms with van der Waals surface area (Å²) < 4.78 is 1.68. The summed E-state index contributed by atoms with van der Waals surface area (Å²) >= 11 is 0. The van der Waals surface area contributed by atoms with Gasteiger partial charge in [0.15, 0.2) is 5.82 Å². The SMILES string of the molecule is Cn1cnc(-c2ccc(C3=CCN(C(=O)CC#N)CC3)cc2)n1. The molecule has 0 radical (unpaired) electrons. The Balaban J connectivity index is 1.71. The number of hydrogen-bond donors (Lipinski definition) is 0. The van der Waals surface area contributed by atoms with E-state index in [1.165, 1.54) is 5.57 Å². The molecular formula is C17H17N5O. The van der Waals surface area contributed by atoms with Crippen molar-refractivity contribution in [1.82, 2.24) is 19.7 Å². The Morgan fingerprint density at radius 3 is 2.61 bits per heavy atom. The highest BCUT2D eigenvalue weighted by Crippen LogP contribution is 2.24. The van der Waals surface area contributed by atoms with Crippen LogP contribution >= 0.6 is 0 Å². The van der Waals surface area contributed by atoms with Crippen molar-refractivity contribution in [2.45, 2.75) is 12.8 Å². The number of aryl methyl sites for hydroxylation is 1. The zero-order chi connectivity index (χ0) is 16.2. The van der Waals surface area contributed by atoms with Crippen LogP contribution in [0.15, 0.2) is 36.7 Å². The fourth-order valence-corrected chi connectivity index (χ4v) is 2.64. The Morgan fingerprint density at radius 2 is 2.04 bits per heavy atom. The van der Waals surface area contributed by atoms with Gasteiger partial charge in [-0.15, -0.1) is 0 Å². The van der Waals surface area contributed by atoms with Gasteiger partial charge in [-0.2, -0.15) is 10.4 Å². The normalized spacial score (nSPS) is 14.3. The van der Waals surface area contributed by atoms with Gasteiger partial charge in [0.25, 0.3) is 0 Å². The molecule has 1 aliphatic heterocycles. The minimum absolute atomic E-state index is 0.0467. The molecule has 6 nitrogen and oxygen atoms in total. The van der Waals surface area contributed by atoms with Gasteiger partial charge in [-0.25, -0.2) is 4.98 Å². The van der Waals surface area contributed by atoms with Gasteiger partial charge in [0.1, 0.15) is 12.7 Å². The highest BCUT2D eigenvalue weighted by molar-refractivity contribution is 5.80. The summed E-state index contributed by atoms with van der Waals surface area (Å²) in [4.78, 5) is 17.7. The number of rotatable bonds is 3. The van der Waals surface area contributed by atoms with Gasteiger partial charge >= 0.3 is 0 Å². The molecule has 23 heavy (non-hydrogen) atoms. The predicted octanol–water partition coefficient (Wildman–Crippen LogP) is 2.01. The third-order valence-corrected chi connectivity index (χ3v) is 3.91. The van der Waals surface area contributed by atoms with E-state index in [0.717, 1.165) is 17.5 Å². The molecule has 0 saturated heterocycles. The molecule has 0 unspecified atom stereocenters. The van der Waals surface area contributed by atoms with Crippen molar-refractivity contribution in [1.29, 1.82) is 5.26 Å². The molecule has 116 valence electrons. The fourth-order valence-electron chi connectivity index (χ4n) is 2.64. The van der Waals surface area contributed by atoms with Crippen LogP contribution in [0.2, 0.25) is 0 Å². The number of amides is 1. The van der Waals surface area contributed by atoms with Crippen LogP contribution in [0.1, 0.15) is 18.4 Å². The summed E-state index contributed by atoms with van der Waals surface area (Å²) in [6.07, 6.45) is 4.50. The molecular weight excluding hydrogens is 290 g/mol. The predicted molar refractivity (Wildman–Crippen MR) is 85.8 cm³/mol. The molecule has 0 spiro atoms. The third-order valence-electron chi connectivity index (χ3n) is 3.91. The number of nitrogens with zero attached hydrogens (tertiary/aromatic N) is 5. The van der Waals surface area contributed by atoms with Crippen molar-refractivity contribution in [2.24, 2.45) is 7.05 Å². The first kappa shape index (κ1) is 15.0. The van der Waals surface area contributed by atoms with E-state index >= 15 is 0 Å². The van der Waals surface area contributed by atoms with Crippen molar-refractivity contribution in [3.63, 3.8) is 0 Å². The van der Waals surface area contributed by atoms with Gasteiger partial charge in [-0.05, 0) is 17.6 Å². The maximum atomic E-state index is 11.7. The van der Waals surface area contributed by atoms with Crippen LogP contribution in [0.5, 0.6) is 0 Å². The van der Waals surface area contributed by atoms with Crippen LogP contribution in [-0.2, 0) is 11.8 Å². The standard InChI is InChI=1S/C17H17N5O/c1-21-12-19-17(20-21)15-4-2-13(3-5-15)14-7-10-22(11-8-14)16(23)6-9-18/h2-5,7,12H,6,8,10-11H2,1H3. The Morgan fingerprint density at radius 1 is 1.30 bits per heavy atom. The zero-order valence-corrected chi connectivity index (χ0v) is 12.9. The van der Waals surface area contributed by atoms with Crippen molar-refractivity contribution >= 4 is 11.5 Å². The van der Waals surface area contributed by atoms with Gasteiger partial charge in [-0.1, -0.05) is 30.3 Å². The maximum Gasteiger partial charge on any atom is 0.237 e.